The number of nitrogens with one attached hydrogen (secondary N) is 1. The summed E-state index contributed by atoms with van der Waals surface area (Å²) in [5.74, 6) is 0.954. The van der Waals surface area contributed by atoms with Gasteiger partial charge in [-0.25, -0.2) is 9.78 Å². The summed E-state index contributed by atoms with van der Waals surface area (Å²) in [6.07, 6.45) is 1.78. The van der Waals surface area contributed by atoms with E-state index >= 15 is 0 Å². The van der Waals surface area contributed by atoms with Crippen LogP contribution in [-0.4, -0.2) is 42.1 Å². The standard InChI is InChI=1S/C18H19N5O/c19-13-15-4-6-16(7-5-15)14-21-18(24)23-11-9-22(10-12-23)17-3-1-2-8-20-17/h1-8H,9-12,14H2,(H,21,24). The molecule has 1 aliphatic rings. The molecule has 2 amide bonds. The molecule has 2 aromatic rings. The number of carbonyl (C=O) groups is 1. The fraction of sp³-hybridized carbons (Fsp3) is 0.278. The van der Waals surface area contributed by atoms with Crippen LogP contribution in [0.1, 0.15) is 11.1 Å². The van der Waals surface area contributed by atoms with Crippen LogP contribution in [0, 0.1) is 11.3 Å². The number of hydrogen-bond acceptors (Lipinski definition) is 4. The van der Waals surface area contributed by atoms with Gasteiger partial charge in [0.15, 0.2) is 0 Å². The van der Waals surface area contributed by atoms with E-state index in [-0.39, 0.29) is 6.03 Å². The minimum absolute atomic E-state index is 0.0555. The van der Waals surface area contributed by atoms with Crippen LogP contribution in [0.4, 0.5) is 10.6 Å². The highest BCUT2D eigenvalue weighted by atomic mass is 16.2. The molecule has 0 unspecified atom stereocenters. The van der Waals surface area contributed by atoms with E-state index in [1.54, 1.807) is 18.3 Å². The highest BCUT2D eigenvalue weighted by molar-refractivity contribution is 5.74. The second kappa shape index (κ2) is 7.47. The van der Waals surface area contributed by atoms with Crippen molar-refractivity contribution in [2.45, 2.75) is 6.54 Å². The molecule has 1 fully saturated rings. The van der Waals surface area contributed by atoms with Crippen LogP contribution in [0.2, 0.25) is 0 Å². The Bertz CT molecular complexity index is 715. The molecule has 0 bridgehead atoms. The third-order valence-corrected chi connectivity index (χ3v) is 4.07. The van der Waals surface area contributed by atoms with Crippen molar-refractivity contribution in [3.05, 3.63) is 59.8 Å². The highest BCUT2D eigenvalue weighted by Crippen LogP contribution is 2.12. The summed E-state index contributed by atoms with van der Waals surface area (Å²) in [4.78, 5) is 20.6. The molecule has 3 rings (SSSR count). The lowest BCUT2D eigenvalue weighted by atomic mass is 10.1. The number of nitriles is 1. The minimum Gasteiger partial charge on any atom is -0.353 e. The summed E-state index contributed by atoms with van der Waals surface area (Å²) in [5, 5.41) is 11.7. The Hall–Kier alpha value is -3.07. The monoisotopic (exact) mass is 321 g/mol. The zero-order valence-corrected chi connectivity index (χ0v) is 13.4. The second-order valence-electron chi connectivity index (χ2n) is 5.63. The van der Waals surface area contributed by atoms with E-state index in [2.05, 4.69) is 21.3 Å². The van der Waals surface area contributed by atoms with Crippen molar-refractivity contribution < 1.29 is 4.79 Å². The summed E-state index contributed by atoms with van der Waals surface area (Å²) in [7, 11) is 0. The van der Waals surface area contributed by atoms with Gasteiger partial charge in [-0.3, -0.25) is 0 Å². The number of urea groups is 1. The Labute approximate surface area is 141 Å². The predicted molar refractivity (Wildman–Crippen MR) is 91.4 cm³/mol. The normalized spacial score (nSPS) is 14.1. The molecule has 0 radical (unpaired) electrons. The molecule has 122 valence electrons. The smallest absolute Gasteiger partial charge is 0.317 e. The topological polar surface area (TPSA) is 72.3 Å². The van der Waals surface area contributed by atoms with E-state index in [1.807, 2.05) is 35.2 Å². The quantitative estimate of drug-likeness (QED) is 0.938. The molecule has 1 aromatic carbocycles. The first-order valence-electron chi connectivity index (χ1n) is 7.94. The molecule has 0 aliphatic carbocycles. The number of benzene rings is 1. The Morgan fingerprint density at radius 1 is 1.12 bits per heavy atom. The zero-order valence-electron chi connectivity index (χ0n) is 13.4. The summed E-state index contributed by atoms with van der Waals surface area (Å²) >= 11 is 0. The van der Waals surface area contributed by atoms with Gasteiger partial charge in [-0.15, -0.1) is 0 Å². The van der Waals surface area contributed by atoms with Gasteiger partial charge < -0.3 is 15.1 Å². The van der Waals surface area contributed by atoms with Crippen molar-refractivity contribution >= 4 is 11.8 Å². The Morgan fingerprint density at radius 3 is 2.50 bits per heavy atom. The van der Waals surface area contributed by atoms with Gasteiger partial charge in [0.2, 0.25) is 0 Å². The first-order chi connectivity index (χ1) is 11.8. The molecule has 24 heavy (non-hydrogen) atoms. The maximum absolute atomic E-state index is 12.3. The first kappa shape index (κ1) is 15.8. The van der Waals surface area contributed by atoms with Crippen LogP contribution in [-0.2, 0) is 6.54 Å². The predicted octanol–water partition coefficient (Wildman–Crippen LogP) is 1.99. The molecule has 0 spiro atoms. The number of pyridine rings is 1. The molecule has 2 heterocycles. The SMILES string of the molecule is N#Cc1ccc(CNC(=O)N2CCN(c3ccccn3)CC2)cc1. The summed E-state index contributed by atoms with van der Waals surface area (Å²) in [6.45, 7) is 3.37. The van der Waals surface area contributed by atoms with Crippen LogP contribution in [0.3, 0.4) is 0 Å². The van der Waals surface area contributed by atoms with Gasteiger partial charge in [-0.05, 0) is 29.8 Å². The minimum atomic E-state index is -0.0555. The van der Waals surface area contributed by atoms with Crippen LogP contribution < -0.4 is 10.2 Å². The average Bonchev–Trinajstić information content (AvgIpc) is 2.67. The van der Waals surface area contributed by atoms with Crippen molar-refractivity contribution in [1.82, 2.24) is 15.2 Å². The van der Waals surface area contributed by atoms with E-state index < -0.39 is 0 Å². The maximum atomic E-state index is 12.3. The molecule has 1 saturated heterocycles. The van der Waals surface area contributed by atoms with E-state index in [0.29, 0.717) is 25.2 Å². The number of aromatic nitrogens is 1. The molecule has 1 N–H and O–H groups in total. The van der Waals surface area contributed by atoms with Crippen molar-refractivity contribution in [3.63, 3.8) is 0 Å². The van der Waals surface area contributed by atoms with Crippen molar-refractivity contribution in [2.75, 3.05) is 31.1 Å². The molecule has 1 aromatic heterocycles. The van der Waals surface area contributed by atoms with Gasteiger partial charge in [0.05, 0.1) is 11.6 Å². The molecule has 6 nitrogen and oxygen atoms in total. The molecule has 0 atom stereocenters. The van der Waals surface area contributed by atoms with E-state index in [9.17, 15) is 4.79 Å². The highest BCUT2D eigenvalue weighted by Gasteiger charge is 2.21. The van der Waals surface area contributed by atoms with Crippen molar-refractivity contribution in [2.24, 2.45) is 0 Å². The molecular formula is C18H19N5O. The van der Waals surface area contributed by atoms with Crippen LogP contribution in [0.25, 0.3) is 0 Å². The lowest BCUT2D eigenvalue weighted by molar-refractivity contribution is 0.194. The van der Waals surface area contributed by atoms with Crippen molar-refractivity contribution in [3.8, 4) is 6.07 Å². The maximum Gasteiger partial charge on any atom is 0.317 e. The van der Waals surface area contributed by atoms with Crippen LogP contribution in [0.15, 0.2) is 48.7 Å². The van der Waals surface area contributed by atoms with Crippen molar-refractivity contribution in [1.29, 1.82) is 5.26 Å². The average molecular weight is 321 g/mol. The lowest BCUT2D eigenvalue weighted by Crippen LogP contribution is -2.51. The van der Waals surface area contributed by atoms with Crippen LogP contribution >= 0.6 is 0 Å². The number of anilines is 1. The van der Waals surface area contributed by atoms with Gasteiger partial charge in [0.1, 0.15) is 5.82 Å². The Kier molecular flexibility index (Phi) is 4.92. The summed E-state index contributed by atoms with van der Waals surface area (Å²) in [6, 6.07) is 15.1. The number of piperazine rings is 1. The number of hydrogen-bond donors (Lipinski definition) is 1. The van der Waals surface area contributed by atoms with Gasteiger partial charge in [0.25, 0.3) is 0 Å². The third kappa shape index (κ3) is 3.82. The molecule has 0 saturated carbocycles. The number of rotatable bonds is 3. The largest absolute Gasteiger partial charge is 0.353 e. The Morgan fingerprint density at radius 2 is 1.88 bits per heavy atom. The Balaban J connectivity index is 1.47. The fourth-order valence-corrected chi connectivity index (χ4v) is 2.67. The van der Waals surface area contributed by atoms with E-state index in [4.69, 9.17) is 5.26 Å². The zero-order chi connectivity index (χ0) is 16.8. The molecule has 6 heteroatoms. The molecular weight excluding hydrogens is 302 g/mol. The number of amides is 2. The van der Waals surface area contributed by atoms with Gasteiger partial charge >= 0.3 is 6.03 Å². The number of nitrogens with zero attached hydrogens (tertiary/aromatic N) is 4. The van der Waals surface area contributed by atoms with E-state index in [1.165, 1.54) is 0 Å². The second-order valence-corrected chi connectivity index (χ2v) is 5.63. The fourth-order valence-electron chi connectivity index (χ4n) is 2.67. The van der Waals surface area contributed by atoms with Gasteiger partial charge in [0, 0.05) is 38.9 Å². The van der Waals surface area contributed by atoms with Gasteiger partial charge in [-0.2, -0.15) is 5.26 Å². The summed E-state index contributed by atoms with van der Waals surface area (Å²) in [5.41, 5.74) is 1.60. The van der Waals surface area contributed by atoms with Crippen LogP contribution in [0.5, 0.6) is 0 Å². The molecule has 1 aliphatic heterocycles. The third-order valence-electron chi connectivity index (χ3n) is 4.07. The van der Waals surface area contributed by atoms with E-state index in [0.717, 1.165) is 24.5 Å². The number of carbonyl (C=O) groups excluding carboxylic acids is 1. The summed E-state index contributed by atoms with van der Waals surface area (Å²) < 4.78 is 0. The lowest BCUT2D eigenvalue weighted by Gasteiger charge is -2.35. The first-order valence-corrected chi connectivity index (χ1v) is 7.94. The van der Waals surface area contributed by atoms with Gasteiger partial charge in [-0.1, -0.05) is 18.2 Å².